The molecule has 0 aliphatic heterocycles. The van der Waals surface area contributed by atoms with E-state index in [1.165, 1.54) is 42.8 Å². The third kappa shape index (κ3) is 26.4. The summed E-state index contributed by atoms with van der Waals surface area (Å²) < 4.78 is 36.7. The van der Waals surface area contributed by atoms with E-state index < -0.39 is 9.50 Å². The normalized spacial score (nSPS) is 11.8. The second-order valence-corrected chi connectivity index (χ2v) is 38.5. The summed E-state index contributed by atoms with van der Waals surface area (Å²) in [5.74, 6) is 0.690. The second-order valence-electron chi connectivity index (χ2n) is 26.8. The average Bonchev–Trinajstić information content (AvgIpc) is 1.62. The summed E-state index contributed by atoms with van der Waals surface area (Å²) in [6, 6.07) is 83.6. The molecule has 0 fully saturated rings. The van der Waals surface area contributed by atoms with E-state index >= 15 is 0 Å². The first-order valence-corrected chi connectivity index (χ1v) is 45.3. The number of H-pyrrole nitrogens is 1. The summed E-state index contributed by atoms with van der Waals surface area (Å²) in [5, 5.41) is 39.3. The number of aromatic nitrogens is 2. The number of aromatic hydroxyl groups is 2. The number of para-hydroxylation sites is 1. The van der Waals surface area contributed by atoms with E-state index in [-0.39, 0.29) is 64.7 Å². The number of phenolic OH excluding ortho intramolecular Hbond substituents is 2. The van der Waals surface area contributed by atoms with Crippen molar-refractivity contribution in [1.29, 1.82) is 10.5 Å². The number of hydrogen-bond donors (Lipinski definition) is 5. The van der Waals surface area contributed by atoms with Gasteiger partial charge in [-0.2, -0.15) is 10.5 Å². The summed E-state index contributed by atoms with van der Waals surface area (Å²) in [6.07, 6.45) is 4.50. The van der Waals surface area contributed by atoms with Gasteiger partial charge in [-0.3, -0.25) is 23.7 Å². The number of nitrogens with one attached hydrogen (secondary N) is 1. The molecular formula is C95H66Cl13N6O12P. The molecule has 7 N–H and O–H groups in total. The van der Waals surface area contributed by atoms with E-state index in [2.05, 4.69) is 50.8 Å². The lowest BCUT2D eigenvalue weighted by Crippen LogP contribution is -2.17. The topological polar surface area (TPSA) is 320 Å². The molecule has 644 valence electrons. The number of nitrogens with zero attached hydrogens (tertiary/aromatic N) is 3. The SMILES string of the molecule is C.CC(=O)c1oc2ccc(Cl)cc2c1N.ClC(Cl)Cl.Clc1ccc2oc3c(Cl)cc(-c4ccccc4)nc3c2c1.N#Cc1cc(Cl)ccc1O.N#Cc1ccccc1O.Nc1c(C(=O)/C=C/c2ccccc2)oc2ccc(Cl)cc12.O=C1CC(c2ccccc2)Cc2c1oc1ccc(Cl)cc21.O=P(Cl)(Cl)Cl.O=c1cc(-c2ccccc2)[nH]c2c1oc1ccc(Cl)cc12. The molecule has 127 heavy (non-hydrogen) atoms. The van der Waals surface area contributed by atoms with Crippen LogP contribution < -0.4 is 16.9 Å². The molecule has 1 aliphatic rings. The van der Waals surface area contributed by atoms with Gasteiger partial charge >= 0.3 is 5.20 Å². The molecule has 18 nitrogen and oxygen atoms in total. The number of phenols is 2. The number of carbonyl (C=O) groups is 3. The Morgan fingerprint density at radius 1 is 0.504 bits per heavy atom. The number of nitrogen functional groups attached to an aromatic ring is 2. The van der Waals surface area contributed by atoms with Crippen LogP contribution in [-0.4, -0.2) is 41.8 Å². The van der Waals surface area contributed by atoms with Gasteiger partial charge in [0.25, 0.3) is 0 Å². The standard InChI is InChI=1S/C18H13ClO2.C17H9Cl2NO.C17H10ClNO2.C17H12ClNO2.C10H8ClNO2.C7H4ClNO.C7H5NO.CHCl3.CH4.Cl3OP/c19-13-6-7-17-14(10-13)15-8-12(9-16(20)18(15)21-17)11-4-2-1-3-5-11;18-11-6-7-15-12(8-11)16-17(21-15)13(19)9-14(20-16)10-4-2-1-3-5-10;18-11-6-7-15-12(8-11)16-17(21-15)14(20)9-13(19-16)10-4-2-1-3-5-10;18-12-7-9-15-13(10-12)16(19)17(21-15)14(20)8-6-11-4-2-1-3-5-11;1-5(13)10-9(12)7-4-6(11)2-3-8(7)14-10;8-6-1-2-7(10)5(3-6)4-9;8-5-6-3-1-2-4-7(6)9;2-1(3)4;;1-5(2,3)4/h1-7,10,12H,8-9H2;1-9H;1-9H,(H,19,20);1-10H,19H2;2-4H,12H2,1H3;1-3,10H;1-4,9H;1H;1H4;/b;;;8-6+;;;;;;. The molecule has 1 atom stereocenters. The summed E-state index contributed by atoms with van der Waals surface area (Å²) in [6.45, 7) is 1.41. The zero-order valence-corrected chi connectivity index (χ0v) is 75.7. The number of anilines is 2. The molecule has 0 radical (unpaired) electrons. The first kappa shape index (κ1) is 97.9. The fraction of sp³-hybridized carbons (Fsp3) is 0.0632. The number of nitriles is 2. The van der Waals surface area contributed by atoms with Crippen molar-refractivity contribution in [2.75, 3.05) is 11.5 Å². The van der Waals surface area contributed by atoms with E-state index in [0.717, 1.165) is 72.9 Å². The van der Waals surface area contributed by atoms with Gasteiger partial charge in [0.1, 0.15) is 57.1 Å². The number of hydrogen-bond acceptors (Lipinski definition) is 17. The Hall–Kier alpha value is -11.3. The highest BCUT2D eigenvalue weighted by Crippen LogP contribution is 2.61. The summed E-state index contributed by atoms with van der Waals surface area (Å²) in [4.78, 5) is 56.0. The van der Waals surface area contributed by atoms with E-state index in [9.17, 15) is 23.7 Å². The molecular weight excluding hydrogens is 1910 g/mol. The van der Waals surface area contributed by atoms with Crippen molar-refractivity contribution in [2.24, 2.45) is 0 Å². The Bertz CT molecular complexity index is 7220. The number of aromatic amines is 1. The van der Waals surface area contributed by atoms with Crippen LogP contribution in [0.4, 0.5) is 11.4 Å². The fourth-order valence-corrected chi connectivity index (χ4v) is 13.9. The maximum Gasteiger partial charge on any atom is 0.339 e. The molecule has 0 saturated carbocycles. The second kappa shape index (κ2) is 45.4. The van der Waals surface area contributed by atoms with Crippen molar-refractivity contribution in [3.63, 3.8) is 0 Å². The van der Waals surface area contributed by atoms with Gasteiger partial charge in [0, 0.05) is 93.3 Å². The molecule has 32 heteroatoms. The molecule has 0 amide bonds. The van der Waals surface area contributed by atoms with Crippen LogP contribution in [0.3, 0.4) is 0 Å². The molecule has 19 rings (SSSR count). The summed E-state index contributed by atoms with van der Waals surface area (Å²) >= 11 is 70.1. The van der Waals surface area contributed by atoms with E-state index in [0.29, 0.717) is 108 Å². The Morgan fingerprint density at radius 2 is 0.929 bits per heavy atom. The number of ketones is 3. The minimum atomic E-state index is -3.22. The van der Waals surface area contributed by atoms with Crippen molar-refractivity contribution in [3.8, 4) is 46.2 Å². The number of carbonyl (C=O) groups excluding carboxylic acids is 3. The molecule has 1 unspecified atom stereocenters. The van der Waals surface area contributed by atoms with Crippen LogP contribution >= 0.6 is 155 Å². The Kier molecular flexibility index (Phi) is 35.0. The third-order valence-electron chi connectivity index (χ3n) is 18.3. The molecule has 11 aromatic carbocycles. The fourth-order valence-electron chi connectivity index (χ4n) is 12.7. The highest BCUT2D eigenvalue weighted by atomic mass is 36.0. The highest BCUT2D eigenvalue weighted by Gasteiger charge is 2.32. The van der Waals surface area contributed by atoms with Gasteiger partial charge in [0.05, 0.1) is 38.7 Å². The Labute approximate surface area is 790 Å². The van der Waals surface area contributed by atoms with E-state index in [1.54, 1.807) is 103 Å². The molecule has 0 bridgehead atoms. The minimum Gasteiger partial charge on any atom is -0.507 e. The number of halogens is 13. The maximum absolute atomic E-state index is 12.4. The van der Waals surface area contributed by atoms with Gasteiger partial charge in [0.2, 0.25) is 11.2 Å². The quantitative estimate of drug-likeness (QED) is 0.0428. The predicted molar refractivity (Wildman–Crippen MR) is 520 cm³/mol. The van der Waals surface area contributed by atoms with E-state index in [1.807, 2.05) is 146 Å². The van der Waals surface area contributed by atoms with Gasteiger partial charge in [-0.15, -0.1) is 0 Å². The van der Waals surface area contributed by atoms with Gasteiger partial charge in [-0.25, -0.2) is 4.98 Å². The van der Waals surface area contributed by atoms with E-state index in [4.69, 9.17) is 175 Å². The monoisotopic (exact) mass is 1970 g/mol. The lowest BCUT2D eigenvalue weighted by atomic mass is 9.81. The number of rotatable bonds is 7. The first-order chi connectivity index (χ1) is 60.2. The number of alkyl halides is 3. The molecule has 7 aromatic heterocycles. The zero-order chi connectivity index (χ0) is 90.6. The first-order valence-electron chi connectivity index (χ1n) is 37.0. The molecule has 7 heterocycles. The van der Waals surface area contributed by atoms with Crippen molar-refractivity contribution in [1.82, 2.24) is 9.97 Å². The van der Waals surface area contributed by atoms with Crippen molar-refractivity contribution >= 4 is 267 Å². The van der Waals surface area contributed by atoms with Crippen LogP contribution in [0, 0.1) is 22.7 Å². The summed E-state index contributed by atoms with van der Waals surface area (Å²) in [7, 11) is 0. The number of allylic oxidation sites excluding steroid dienone is 1. The number of furan rings is 5. The van der Waals surface area contributed by atoms with Gasteiger partial charge in [0.15, 0.2) is 44.3 Å². The third-order valence-corrected chi connectivity index (χ3v) is 20.0. The predicted octanol–water partition coefficient (Wildman–Crippen LogP) is 31.6. The van der Waals surface area contributed by atoms with Crippen LogP contribution in [0.5, 0.6) is 11.5 Å². The van der Waals surface area contributed by atoms with Gasteiger partial charge in [-0.1, -0.05) is 263 Å². The lowest BCUT2D eigenvalue weighted by Gasteiger charge is -2.20. The van der Waals surface area contributed by atoms with Gasteiger partial charge < -0.3 is 48.8 Å². The van der Waals surface area contributed by atoms with Crippen LogP contribution in [-0.2, 0) is 11.0 Å². The number of nitrogens with two attached hydrogens (primary N) is 2. The molecule has 18 aromatic rings. The van der Waals surface area contributed by atoms with Crippen molar-refractivity contribution in [3.05, 3.63) is 363 Å². The maximum atomic E-state index is 12.4. The molecule has 1 aliphatic carbocycles. The average molecular weight is 1980 g/mol. The van der Waals surface area contributed by atoms with Crippen molar-refractivity contribution in [2.45, 2.75) is 37.4 Å². The number of Topliss-reactive ketones (excluding diaryl/α,β-unsaturated/α-hetero) is 2. The summed E-state index contributed by atoms with van der Waals surface area (Å²) in [5.41, 5.74) is 25.0. The number of fused-ring (bicyclic) bond motifs is 11. The largest absolute Gasteiger partial charge is 0.507 e. The van der Waals surface area contributed by atoms with Gasteiger partial charge in [-0.05, 0) is 196 Å². The lowest BCUT2D eigenvalue weighted by molar-refractivity contribution is 0.0935. The van der Waals surface area contributed by atoms with Crippen molar-refractivity contribution < 1.29 is 51.2 Å². The highest BCUT2D eigenvalue weighted by molar-refractivity contribution is 8.24. The Balaban J connectivity index is 0.000000154. The minimum absolute atomic E-state index is 0. The number of benzene rings is 11. The van der Waals surface area contributed by atoms with Crippen LogP contribution in [0.25, 0.3) is 106 Å². The van der Waals surface area contributed by atoms with Crippen LogP contribution in [0.1, 0.15) is 86.2 Å². The smallest absolute Gasteiger partial charge is 0.339 e. The molecule has 0 saturated heterocycles. The Morgan fingerprint density at radius 3 is 1.45 bits per heavy atom. The van der Waals surface area contributed by atoms with Crippen LogP contribution in [0.2, 0.25) is 35.2 Å². The number of pyridine rings is 2. The van der Waals surface area contributed by atoms with Crippen LogP contribution in [0.15, 0.2) is 300 Å². The zero-order valence-electron chi connectivity index (χ0n) is 65.0. The molecule has 0 spiro atoms.